The number of halogens is 4. The van der Waals surface area contributed by atoms with Gasteiger partial charge in [-0.2, -0.15) is 13.2 Å². The maximum absolute atomic E-state index is 12.5. The Balaban J connectivity index is 2.42. The van der Waals surface area contributed by atoms with Crippen molar-refractivity contribution in [3.05, 3.63) is 50.9 Å². The van der Waals surface area contributed by atoms with E-state index in [9.17, 15) is 18.3 Å². The zero-order valence-corrected chi connectivity index (χ0v) is 11.3. The molecule has 0 spiro atoms. The van der Waals surface area contributed by atoms with E-state index in [2.05, 4.69) is 4.98 Å². The second kappa shape index (κ2) is 4.77. The summed E-state index contributed by atoms with van der Waals surface area (Å²) in [6.45, 7) is 1.41. The van der Waals surface area contributed by atoms with E-state index < -0.39 is 16.8 Å². The quantitative estimate of drug-likeness (QED) is 0.907. The first kappa shape index (κ1) is 14.3. The van der Waals surface area contributed by atoms with Gasteiger partial charge in [-0.15, -0.1) is 11.3 Å². The molecule has 0 fully saturated rings. The normalized spacial score (nSPS) is 15.3. The Labute approximate surface area is 116 Å². The molecule has 0 aliphatic heterocycles. The second-order valence-electron chi connectivity index (χ2n) is 4.11. The fourth-order valence-corrected chi connectivity index (χ4v) is 2.61. The van der Waals surface area contributed by atoms with Crippen LogP contribution >= 0.6 is 22.9 Å². The van der Waals surface area contributed by atoms with E-state index in [4.69, 9.17) is 11.6 Å². The van der Waals surface area contributed by atoms with Crippen molar-refractivity contribution in [3.8, 4) is 0 Å². The van der Waals surface area contributed by atoms with Gasteiger partial charge in [0, 0.05) is 11.2 Å². The molecule has 102 valence electrons. The maximum atomic E-state index is 12.5. The maximum Gasteiger partial charge on any atom is 0.443 e. The van der Waals surface area contributed by atoms with Gasteiger partial charge in [0.1, 0.15) is 5.60 Å². The number of hydrogen-bond donors (Lipinski definition) is 1. The summed E-state index contributed by atoms with van der Waals surface area (Å²) in [5, 5.41) is 9.82. The summed E-state index contributed by atoms with van der Waals surface area (Å²) >= 11 is 6.23. The molecule has 0 bridgehead atoms. The molecule has 2 rings (SSSR count). The van der Waals surface area contributed by atoms with Crippen LogP contribution in [0, 0.1) is 0 Å². The van der Waals surface area contributed by atoms with Gasteiger partial charge in [0.2, 0.25) is 0 Å². The average Bonchev–Trinajstić information content (AvgIpc) is 2.78. The molecule has 1 aromatic carbocycles. The predicted octanol–water partition coefficient (Wildman–Crippen LogP) is 4.07. The average molecular weight is 308 g/mol. The summed E-state index contributed by atoms with van der Waals surface area (Å²) in [6, 6.07) is 6.35. The van der Waals surface area contributed by atoms with Crippen molar-refractivity contribution in [2.45, 2.75) is 18.7 Å². The number of thiazole rings is 1. The lowest BCUT2D eigenvalue weighted by Crippen LogP contribution is -2.21. The topological polar surface area (TPSA) is 33.1 Å². The van der Waals surface area contributed by atoms with Crippen LogP contribution in [-0.2, 0) is 11.8 Å². The highest BCUT2D eigenvalue weighted by Crippen LogP contribution is 2.38. The van der Waals surface area contributed by atoms with Crippen LogP contribution in [-0.4, -0.2) is 10.1 Å². The number of aliphatic hydroxyl groups is 1. The first-order valence-electron chi connectivity index (χ1n) is 5.23. The SMILES string of the molecule is CC(O)(c1cccc(Cl)c1)c1cnc(C(F)(F)F)s1. The molecule has 0 amide bonds. The second-order valence-corrected chi connectivity index (χ2v) is 5.58. The molecule has 1 N–H and O–H groups in total. The van der Waals surface area contributed by atoms with Gasteiger partial charge in [0.05, 0.1) is 4.88 Å². The van der Waals surface area contributed by atoms with Gasteiger partial charge in [-0.1, -0.05) is 23.7 Å². The van der Waals surface area contributed by atoms with Crippen molar-refractivity contribution in [2.75, 3.05) is 0 Å². The number of hydrogen-bond acceptors (Lipinski definition) is 3. The molecule has 0 saturated heterocycles. The number of alkyl halides is 3. The van der Waals surface area contributed by atoms with Gasteiger partial charge in [-0.25, -0.2) is 4.98 Å². The number of rotatable bonds is 2. The van der Waals surface area contributed by atoms with Crippen LogP contribution in [0.5, 0.6) is 0 Å². The largest absolute Gasteiger partial charge is 0.443 e. The molecule has 0 aliphatic carbocycles. The molecule has 0 aliphatic rings. The fourth-order valence-electron chi connectivity index (χ4n) is 1.56. The molecule has 1 unspecified atom stereocenters. The van der Waals surface area contributed by atoms with E-state index in [0.29, 0.717) is 21.9 Å². The van der Waals surface area contributed by atoms with Crippen molar-refractivity contribution in [2.24, 2.45) is 0 Å². The van der Waals surface area contributed by atoms with E-state index in [0.717, 1.165) is 6.20 Å². The van der Waals surface area contributed by atoms with E-state index in [-0.39, 0.29) is 4.88 Å². The monoisotopic (exact) mass is 307 g/mol. The standard InChI is InChI=1S/C12H9ClF3NOS/c1-11(18,7-3-2-4-8(13)5-7)9-6-17-10(19-9)12(14,15)16/h2-6,18H,1H3. The van der Waals surface area contributed by atoms with Crippen LogP contribution in [0.4, 0.5) is 13.2 Å². The van der Waals surface area contributed by atoms with Crippen LogP contribution < -0.4 is 0 Å². The third-order valence-electron chi connectivity index (χ3n) is 2.61. The molecule has 7 heteroatoms. The Morgan fingerprint density at radius 3 is 2.53 bits per heavy atom. The molecule has 1 aromatic heterocycles. The van der Waals surface area contributed by atoms with Gasteiger partial charge in [0.25, 0.3) is 0 Å². The molecule has 1 atom stereocenters. The predicted molar refractivity (Wildman–Crippen MR) is 67.2 cm³/mol. The molecule has 0 radical (unpaired) electrons. The van der Waals surface area contributed by atoms with Gasteiger partial charge >= 0.3 is 6.18 Å². The third kappa shape index (κ3) is 2.91. The summed E-state index contributed by atoms with van der Waals surface area (Å²) < 4.78 is 37.5. The molecule has 2 nitrogen and oxygen atoms in total. The molecule has 2 aromatic rings. The summed E-state index contributed by atoms with van der Waals surface area (Å²) in [5.41, 5.74) is -1.15. The van der Waals surface area contributed by atoms with Crippen LogP contribution in [0.25, 0.3) is 0 Å². The highest BCUT2D eigenvalue weighted by Gasteiger charge is 2.37. The van der Waals surface area contributed by atoms with Crippen LogP contribution in [0.15, 0.2) is 30.5 Å². The van der Waals surface area contributed by atoms with Crippen molar-refractivity contribution in [1.29, 1.82) is 0 Å². The Bertz CT molecular complexity index is 595. The Morgan fingerprint density at radius 1 is 1.32 bits per heavy atom. The van der Waals surface area contributed by atoms with E-state index >= 15 is 0 Å². The fraction of sp³-hybridized carbons (Fsp3) is 0.250. The Kier molecular flexibility index (Phi) is 3.59. The van der Waals surface area contributed by atoms with Gasteiger partial charge < -0.3 is 5.11 Å². The minimum Gasteiger partial charge on any atom is -0.380 e. The first-order valence-corrected chi connectivity index (χ1v) is 6.42. The van der Waals surface area contributed by atoms with Crippen molar-refractivity contribution < 1.29 is 18.3 Å². The van der Waals surface area contributed by atoms with Gasteiger partial charge in [0.15, 0.2) is 5.01 Å². The minimum absolute atomic E-state index is 0.113. The first-order chi connectivity index (χ1) is 8.71. The number of nitrogens with zero attached hydrogens (tertiary/aromatic N) is 1. The smallest absolute Gasteiger partial charge is 0.380 e. The highest BCUT2D eigenvalue weighted by atomic mass is 35.5. The summed E-state index contributed by atoms with van der Waals surface area (Å²) in [5.74, 6) is 0. The summed E-state index contributed by atoms with van der Waals surface area (Å²) in [4.78, 5) is 3.42. The van der Waals surface area contributed by atoms with Gasteiger partial charge in [-0.05, 0) is 24.6 Å². The van der Waals surface area contributed by atoms with Gasteiger partial charge in [-0.3, -0.25) is 0 Å². The molecular weight excluding hydrogens is 299 g/mol. The Morgan fingerprint density at radius 2 is 2.00 bits per heavy atom. The van der Waals surface area contributed by atoms with Crippen LogP contribution in [0.2, 0.25) is 5.02 Å². The third-order valence-corrected chi connectivity index (χ3v) is 4.10. The number of benzene rings is 1. The minimum atomic E-state index is -4.51. The Hall–Kier alpha value is -1.11. The van der Waals surface area contributed by atoms with Crippen LogP contribution in [0.1, 0.15) is 22.4 Å². The zero-order chi connectivity index (χ0) is 14.3. The van der Waals surface area contributed by atoms with E-state index in [1.54, 1.807) is 18.2 Å². The molecule has 1 heterocycles. The van der Waals surface area contributed by atoms with Crippen molar-refractivity contribution in [3.63, 3.8) is 0 Å². The van der Waals surface area contributed by atoms with Crippen LogP contribution in [0.3, 0.4) is 0 Å². The summed E-state index contributed by atoms with van der Waals surface area (Å²) in [7, 11) is 0. The lowest BCUT2D eigenvalue weighted by atomic mass is 9.95. The highest BCUT2D eigenvalue weighted by molar-refractivity contribution is 7.11. The zero-order valence-electron chi connectivity index (χ0n) is 9.70. The lowest BCUT2D eigenvalue weighted by molar-refractivity contribution is -0.137. The summed E-state index contributed by atoms with van der Waals surface area (Å²) in [6.07, 6.45) is -3.47. The van der Waals surface area contributed by atoms with E-state index in [1.165, 1.54) is 13.0 Å². The van der Waals surface area contributed by atoms with E-state index in [1.807, 2.05) is 0 Å². The lowest BCUT2D eigenvalue weighted by Gasteiger charge is -2.22. The van der Waals surface area contributed by atoms with Crippen molar-refractivity contribution in [1.82, 2.24) is 4.98 Å². The number of aromatic nitrogens is 1. The molecule has 0 saturated carbocycles. The molecular formula is C12H9ClF3NOS. The van der Waals surface area contributed by atoms with Crippen molar-refractivity contribution >= 4 is 22.9 Å². The molecule has 19 heavy (non-hydrogen) atoms.